The number of hydrogen-bond donors (Lipinski definition) is 0. The molecule has 0 bridgehead atoms. The van der Waals surface area contributed by atoms with Gasteiger partial charge in [-0.1, -0.05) is 36.9 Å². The summed E-state index contributed by atoms with van der Waals surface area (Å²) < 4.78 is 11.8. The van der Waals surface area contributed by atoms with Crippen molar-refractivity contribution in [2.24, 2.45) is 4.99 Å². The van der Waals surface area contributed by atoms with Crippen LogP contribution >= 0.6 is 11.8 Å². The molecule has 2 aromatic rings. The van der Waals surface area contributed by atoms with Crippen molar-refractivity contribution >= 4 is 16.9 Å². The fourth-order valence-electron chi connectivity index (χ4n) is 3.74. The summed E-state index contributed by atoms with van der Waals surface area (Å²) in [6.07, 6.45) is 1.89. The van der Waals surface area contributed by atoms with Gasteiger partial charge in [0.15, 0.2) is 16.7 Å². The number of pyridine rings is 1. The third-order valence-electron chi connectivity index (χ3n) is 4.78. The lowest BCUT2D eigenvalue weighted by molar-refractivity contribution is 0.218. The van der Waals surface area contributed by atoms with Crippen molar-refractivity contribution < 1.29 is 9.47 Å². The van der Waals surface area contributed by atoms with Crippen molar-refractivity contribution in [1.29, 1.82) is 0 Å². The van der Waals surface area contributed by atoms with Gasteiger partial charge in [0.25, 0.3) is 0 Å². The molecular weight excluding hydrogens is 358 g/mol. The summed E-state index contributed by atoms with van der Waals surface area (Å²) in [5.74, 6) is 1.57. The predicted octanol–water partition coefficient (Wildman–Crippen LogP) is 4.47. The van der Waals surface area contributed by atoms with Crippen molar-refractivity contribution in [2.75, 3.05) is 13.7 Å². The summed E-state index contributed by atoms with van der Waals surface area (Å²) in [5, 5.41) is 1.62. The van der Waals surface area contributed by atoms with Gasteiger partial charge in [-0.2, -0.15) is 0 Å². The highest BCUT2D eigenvalue weighted by Gasteiger charge is 2.45. The lowest BCUT2D eigenvalue weighted by Crippen LogP contribution is -2.29. The van der Waals surface area contributed by atoms with Crippen molar-refractivity contribution in [3.63, 3.8) is 0 Å². The van der Waals surface area contributed by atoms with Crippen LogP contribution in [0.1, 0.15) is 44.1 Å². The molecule has 142 valence electrons. The van der Waals surface area contributed by atoms with Crippen LogP contribution in [0.25, 0.3) is 0 Å². The van der Waals surface area contributed by atoms with Crippen LogP contribution in [0.2, 0.25) is 0 Å². The Morgan fingerprint density at radius 3 is 2.74 bits per heavy atom. The number of ether oxygens (including phenoxy) is 2. The Hall–Kier alpha value is -2.21. The minimum absolute atomic E-state index is 0.0520. The zero-order valence-electron chi connectivity index (χ0n) is 16.1. The van der Waals surface area contributed by atoms with Crippen molar-refractivity contribution in [2.45, 2.75) is 44.2 Å². The highest BCUT2D eigenvalue weighted by Crippen LogP contribution is 2.51. The molecular formula is C21H25N3O2S. The maximum Gasteiger partial charge on any atom is 0.166 e. The van der Waals surface area contributed by atoms with Crippen LogP contribution in [0.5, 0.6) is 11.5 Å². The summed E-state index contributed by atoms with van der Waals surface area (Å²) in [6, 6.07) is 12.1. The van der Waals surface area contributed by atoms with Gasteiger partial charge in [0.05, 0.1) is 24.9 Å². The smallest absolute Gasteiger partial charge is 0.166 e. The molecule has 0 spiro atoms. The molecule has 3 atom stereocenters. The molecule has 1 fully saturated rings. The number of aliphatic imine (C=N–C) groups is 1. The van der Waals surface area contributed by atoms with E-state index in [1.165, 1.54) is 0 Å². The second-order valence-corrected chi connectivity index (χ2v) is 8.59. The van der Waals surface area contributed by atoms with Crippen LogP contribution in [0, 0.1) is 0 Å². The molecule has 2 aliphatic heterocycles. The van der Waals surface area contributed by atoms with Crippen LogP contribution in [-0.2, 0) is 0 Å². The molecule has 0 unspecified atom stereocenters. The number of hydrogen-bond acceptors (Lipinski definition) is 6. The number of para-hydroxylation sites is 1. The van der Waals surface area contributed by atoms with Gasteiger partial charge in [0, 0.05) is 23.6 Å². The van der Waals surface area contributed by atoms with Crippen molar-refractivity contribution in [3.05, 3.63) is 53.9 Å². The maximum atomic E-state index is 6.21. The highest BCUT2D eigenvalue weighted by atomic mass is 32.2. The molecule has 5 nitrogen and oxygen atoms in total. The first-order chi connectivity index (χ1) is 13.1. The first kappa shape index (κ1) is 18.2. The fourth-order valence-corrected chi connectivity index (χ4v) is 4.84. The van der Waals surface area contributed by atoms with E-state index in [0.29, 0.717) is 5.25 Å². The number of fused-ring (bicyclic) bond motifs is 1. The summed E-state index contributed by atoms with van der Waals surface area (Å²) in [6.45, 7) is 7.29. The van der Waals surface area contributed by atoms with E-state index in [9.17, 15) is 0 Å². The summed E-state index contributed by atoms with van der Waals surface area (Å²) in [4.78, 5) is 12.1. The van der Waals surface area contributed by atoms with Crippen molar-refractivity contribution in [1.82, 2.24) is 9.88 Å². The first-order valence-electron chi connectivity index (χ1n) is 9.34. The van der Waals surface area contributed by atoms with Gasteiger partial charge in [-0.3, -0.25) is 9.98 Å². The van der Waals surface area contributed by atoms with Crippen LogP contribution in [0.4, 0.5) is 0 Å². The Bertz CT molecular complexity index is 841. The molecule has 27 heavy (non-hydrogen) atoms. The molecule has 2 aliphatic rings. The Morgan fingerprint density at radius 2 is 2.04 bits per heavy atom. The van der Waals surface area contributed by atoms with Gasteiger partial charge in [-0.15, -0.1) is 0 Å². The van der Waals surface area contributed by atoms with Crippen LogP contribution in [0.15, 0.2) is 47.6 Å². The Kier molecular flexibility index (Phi) is 5.00. The molecule has 3 heterocycles. The fraction of sp³-hybridized carbons (Fsp3) is 0.429. The number of benzene rings is 1. The van der Waals surface area contributed by atoms with Crippen LogP contribution in [-0.4, -0.2) is 40.1 Å². The normalized spacial score (nSPS) is 24.1. The second-order valence-electron chi connectivity index (χ2n) is 7.18. The molecule has 0 saturated carbocycles. The third-order valence-corrected chi connectivity index (χ3v) is 5.88. The Balaban J connectivity index is 1.83. The van der Waals surface area contributed by atoms with E-state index in [1.54, 1.807) is 7.11 Å². The number of rotatable bonds is 5. The van der Waals surface area contributed by atoms with E-state index in [2.05, 4.69) is 28.9 Å². The van der Waals surface area contributed by atoms with E-state index < -0.39 is 0 Å². The molecule has 1 aromatic heterocycles. The van der Waals surface area contributed by atoms with E-state index in [-0.39, 0.29) is 18.2 Å². The SMILES string of the molecule is COc1cccc([C@@H]2[C@@H](c3ccccn3)N=C3S[C@H](C)CN32)c1OC(C)C. The lowest BCUT2D eigenvalue weighted by Gasteiger charge is -2.30. The van der Waals surface area contributed by atoms with Crippen LogP contribution in [0.3, 0.4) is 0 Å². The van der Waals surface area contributed by atoms with Crippen LogP contribution < -0.4 is 9.47 Å². The molecule has 1 saturated heterocycles. The number of thioether (sulfide) groups is 1. The molecule has 1 aromatic carbocycles. The summed E-state index contributed by atoms with van der Waals surface area (Å²) in [5.41, 5.74) is 2.09. The Labute approximate surface area is 164 Å². The van der Waals surface area contributed by atoms with Gasteiger partial charge in [-0.05, 0) is 32.0 Å². The second kappa shape index (κ2) is 7.43. The zero-order valence-corrected chi connectivity index (χ0v) is 16.9. The Morgan fingerprint density at radius 1 is 1.19 bits per heavy atom. The lowest BCUT2D eigenvalue weighted by atomic mass is 9.95. The van der Waals surface area contributed by atoms with Gasteiger partial charge in [-0.25, -0.2) is 0 Å². The average Bonchev–Trinajstić information content (AvgIpc) is 3.18. The number of nitrogens with zero attached hydrogens (tertiary/aromatic N) is 3. The summed E-state index contributed by atoms with van der Waals surface area (Å²) >= 11 is 1.84. The van der Waals surface area contributed by atoms with E-state index in [0.717, 1.165) is 34.5 Å². The van der Waals surface area contributed by atoms with E-state index >= 15 is 0 Å². The van der Waals surface area contributed by atoms with Gasteiger partial charge in [0.1, 0.15) is 6.04 Å². The highest BCUT2D eigenvalue weighted by molar-refractivity contribution is 8.14. The largest absolute Gasteiger partial charge is 0.493 e. The monoisotopic (exact) mass is 383 g/mol. The molecule has 0 radical (unpaired) electrons. The van der Waals surface area contributed by atoms with Gasteiger partial charge in [0.2, 0.25) is 0 Å². The topological polar surface area (TPSA) is 47.0 Å². The summed E-state index contributed by atoms with van der Waals surface area (Å²) in [7, 11) is 1.69. The van der Waals surface area contributed by atoms with Gasteiger partial charge >= 0.3 is 0 Å². The number of amidine groups is 1. The molecule has 0 N–H and O–H groups in total. The van der Waals surface area contributed by atoms with E-state index in [4.69, 9.17) is 14.5 Å². The maximum absolute atomic E-state index is 6.21. The molecule has 0 amide bonds. The van der Waals surface area contributed by atoms with Gasteiger partial charge < -0.3 is 14.4 Å². The van der Waals surface area contributed by atoms with Crippen molar-refractivity contribution in [3.8, 4) is 11.5 Å². The zero-order chi connectivity index (χ0) is 19.0. The minimum atomic E-state index is -0.0529. The molecule has 0 aliphatic carbocycles. The van der Waals surface area contributed by atoms with E-state index in [1.807, 2.05) is 56.1 Å². The number of methoxy groups -OCH3 is 1. The molecule has 6 heteroatoms. The predicted molar refractivity (Wildman–Crippen MR) is 110 cm³/mol. The molecule has 4 rings (SSSR count). The standard InChI is InChI=1S/C21H25N3O2S/c1-13(2)26-20-15(8-7-10-17(20)25-4)19-18(16-9-5-6-11-22-16)23-21-24(19)12-14(3)27-21/h5-11,13-14,18-19H,12H2,1-4H3/t14-,18-,19-/m1/s1. The third kappa shape index (κ3) is 3.38. The first-order valence-corrected chi connectivity index (χ1v) is 10.2. The minimum Gasteiger partial charge on any atom is -0.493 e. The number of aromatic nitrogens is 1. The quantitative estimate of drug-likeness (QED) is 0.762. The average molecular weight is 384 g/mol.